The molecule has 2 aromatic rings. The maximum absolute atomic E-state index is 6.17. The largest absolute Gasteiger partial charge is 0.491 e. The van der Waals surface area contributed by atoms with Crippen molar-refractivity contribution in [2.24, 2.45) is 5.73 Å². The Hall–Kier alpha value is -1.39. The number of nitrogens with zero attached hydrogens (tertiary/aromatic N) is 1. The predicted octanol–water partition coefficient (Wildman–Crippen LogP) is 3.93. The molecule has 3 nitrogen and oxygen atoms in total. The summed E-state index contributed by atoms with van der Waals surface area (Å²) in [5.41, 5.74) is 8.51. The van der Waals surface area contributed by atoms with Crippen molar-refractivity contribution in [2.75, 3.05) is 0 Å². The van der Waals surface area contributed by atoms with Crippen LogP contribution in [-0.4, -0.2) is 11.1 Å². The van der Waals surface area contributed by atoms with Gasteiger partial charge in [0.2, 0.25) is 0 Å². The standard InChI is InChI=1S/C16H20N2OS/c1-10(2)19-12-8-6-11(7-9-12)16-18-14-5-3-4-13(17)15(14)20-16/h6-10,13H,3-5,17H2,1-2H3. The summed E-state index contributed by atoms with van der Waals surface area (Å²) in [7, 11) is 0. The molecule has 1 aromatic heterocycles. The van der Waals surface area contributed by atoms with Crippen LogP contribution in [0.25, 0.3) is 10.6 Å². The molecular weight excluding hydrogens is 268 g/mol. The number of aryl methyl sites for hydroxylation is 1. The van der Waals surface area contributed by atoms with E-state index in [2.05, 4.69) is 12.1 Å². The van der Waals surface area contributed by atoms with Gasteiger partial charge in [-0.3, -0.25) is 0 Å². The fourth-order valence-electron chi connectivity index (χ4n) is 2.52. The zero-order chi connectivity index (χ0) is 14.1. The Balaban J connectivity index is 1.86. The van der Waals surface area contributed by atoms with Crippen LogP contribution in [0.15, 0.2) is 24.3 Å². The summed E-state index contributed by atoms with van der Waals surface area (Å²) in [5, 5.41) is 1.07. The molecule has 20 heavy (non-hydrogen) atoms. The van der Waals surface area contributed by atoms with E-state index < -0.39 is 0 Å². The van der Waals surface area contributed by atoms with Crippen LogP contribution in [0, 0.1) is 0 Å². The van der Waals surface area contributed by atoms with Gasteiger partial charge in [0.15, 0.2) is 0 Å². The van der Waals surface area contributed by atoms with Crippen LogP contribution in [0.4, 0.5) is 0 Å². The molecule has 0 bridgehead atoms. The van der Waals surface area contributed by atoms with Gasteiger partial charge in [-0.25, -0.2) is 4.98 Å². The van der Waals surface area contributed by atoms with Crippen molar-refractivity contribution in [1.29, 1.82) is 0 Å². The van der Waals surface area contributed by atoms with E-state index in [-0.39, 0.29) is 12.1 Å². The fraction of sp³-hybridized carbons (Fsp3) is 0.438. The topological polar surface area (TPSA) is 48.1 Å². The van der Waals surface area contributed by atoms with Crippen LogP contribution in [0.1, 0.15) is 43.3 Å². The molecule has 1 aromatic carbocycles. The number of fused-ring (bicyclic) bond motifs is 1. The second-order valence-corrected chi connectivity index (χ2v) is 6.55. The first kappa shape index (κ1) is 13.6. The van der Waals surface area contributed by atoms with Gasteiger partial charge in [-0.15, -0.1) is 11.3 Å². The lowest BCUT2D eigenvalue weighted by atomic mass is 9.99. The maximum Gasteiger partial charge on any atom is 0.123 e. The summed E-state index contributed by atoms with van der Waals surface area (Å²) < 4.78 is 5.67. The molecule has 1 aliphatic carbocycles. The minimum atomic E-state index is 0.175. The highest BCUT2D eigenvalue weighted by atomic mass is 32.1. The SMILES string of the molecule is CC(C)Oc1ccc(-c2nc3c(s2)C(N)CCC3)cc1. The summed E-state index contributed by atoms with van der Waals surface area (Å²) in [4.78, 5) is 6.03. The number of benzene rings is 1. The van der Waals surface area contributed by atoms with E-state index in [0.29, 0.717) is 0 Å². The third-order valence-electron chi connectivity index (χ3n) is 3.47. The molecule has 1 heterocycles. The van der Waals surface area contributed by atoms with Gasteiger partial charge in [0.25, 0.3) is 0 Å². The monoisotopic (exact) mass is 288 g/mol. The highest BCUT2D eigenvalue weighted by Crippen LogP contribution is 2.37. The summed E-state index contributed by atoms with van der Waals surface area (Å²) in [6.45, 7) is 4.06. The van der Waals surface area contributed by atoms with Gasteiger partial charge in [-0.2, -0.15) is 0 Å². The zero-order valence-electron chi connectivity index (χ0n) is 11.9. The number of hydrogen-bond donors (Lipinski definition) is 1. The Morgan fingerprint density at radius 1 is 1.30 bits per heavy atom. The van der Waals surface area contributed by atoms with Crippen LogP contribution in [0.5, 0.6) is 5.75 Å². The molecule has 0 amide bonds. The number of hydrogen-bond acceptors (Lipinski definition) is 4. The molecular formula is C16H20N2OS. The van der Waals surface area contributed by atoms with E-state index in [1.54, 1.807) is 11.3 Å². The van der Waals surface area contributed by atoms with Crippen molar-refractivity contribution in [2.45, 2.75) is 45.3 Å². The highest BCUT2D eigenvalue weighted by Gasteiger charge is 2.22. The lowest BCUT2D eigenvalue weighted by Gasteiger charge is -2.15. The molecule has 0 fully saturated rings. The maximum atomic E-state index is 6.17. The van der Waals surface area contributed by atoms with Crippen molar-refractivity contribution in [3.63, 3.8) is 0 Å². The average Bonchev–Trinajstić information content (AvgIpc) is 2.84. The van der Waals surface area contributed by atoms with Gasteiger partial charge in [0.05, 0.1) is 11.8 Å². The fourth-order valence-corrected chi connectivity index (χ4v) is 3.68. The number of thiazole rings is 1. The Morgan fingerprint density at radius 3 is 2.70 bits per heavy atom. The Kier molecular flexibility index (Phi) is 3.76. The second-order valence-electron chi connectivity index (χ2n) is 5.52. The van der Waals surface area contributed by atoms with Crippen LogP contribution < -0.4 is 10.5 Å². The number of nitrogens with two attached hydrogens (primary N) is 1. The third kappa shape index (κ3) is 2.72. The minimum Gasteiger partial charge on any atom is -0.491 e. The van der Waals surface area contributed by atoms with E-state index >= 15 is 0 Å². The van der Waals surface area contributed by atoms with Crippen molar-refractivity contribution in [3.05, 3.63) is 34.8 Å². The lowest BCUT2D eigenvalue weighted by molar-refractivity contribution is 0.242. The third-order valence-corrected chi connectivity index (χ3v) is 4.74. The van der Waals surface area contributed by atoms with Crippen LogP contribution in [-0.2, 0) is 6.42 Å². The Morgan fingerprint density at radius 2 is 2.05 bits per heavy atom. The number of aromatic nitrogens is 1. The van der Waals surface area contributed by atoms with E-state index in [0.717, 1.165) is 35.6 Å². The molecule has 1 atom stereocenters. The van der Waals surface area contributed by atoms with Gasteiger partial charge < -0.3 is 10.5 Å². The van der Waals surface area contributed by atoms with Gasteiger partial charge in [0, 0.05) is 16.5 Å². The number of rotatable bonds is 3. The van der Waals surface area contributed by atoms with Crippen LogP contribution >= 0.6 is 11.3 Å². The van der Waals surface area contributed by atoms with E-state index in [1.807, 2.05) is 26.0 Å². The molecule has 2 N–H and O–H groups in total. The predicted molar refractivity (Wildman–Crippen MR) is 83.2 cm³/mol. The smallest absolute Gasteiger partial charge is 0.123 e. The first-order chi connectivity index (χ1) is 9.63. The summed E-state index contributed by atoms with van der Waals surface area (Å²) in [6.07, 6.45) is 3.49. The first-order valence-corrected chi connectivity index (χ1v) is 7.97. The molecule has 0 saturated carbocycles. The molecule has 3 rings (SSSR count). The van der Waals surface area contributed by atoms with E-state index in [1.165, 1.54) is 10.6 Å². The van der Waals surface area contributed by atoms with Gasteiger partial charge >= 0.3 is 0 Å². The van der Waals surface area contributed by atoms with Gasteiger partial charge in [-0.05, 0) is 57.4 Å². The molecule has 1 aliphatic rings. The van der Waals surface area contributed by atoms with Crippen LogP contribution in [0.3, 0.4) is 0 Å². The second kappa shape index (κ2) is 5.54. The van der Waals surface area contributed by atoms with Gasteiger partial charge in [-0.1, -0.05) is 0 Å². The number of ether oxygens (including phenoxy) is 1. The van der Waals surface area contributed by atoms with Crippen molar-refractivity contribution >= 4 is 11.3 Å². The molecule has 0 saturated heterocycles. The molecule has 0 spiro atoms. The molecule has 1 unspecified atom stereocenters. The average molecular weight is 288 g/mol. The minimum absolute atomic E-state index is 0.175. The Bertz CT molecular complexity index is 589. The van der Waals surface area contributed by atoms with E-state index in [9.17, 15) is 0 Å². The lowest BCUT2D eigenvalue weighted by Crippen LogP contribution is -2.15. The van der Waals surface area contributed by atoms with Crippen molar-refractivity contribution in [1.82, 2.24) is 4.98 Å². The van der Waals surface area contributed by atoms with Crippen molar-refractivity contribution < 1.29 is 4.74 Å². The van der Waals surface area contributed by atoms with E-state index in [4.69, 9.17) is 15.5 Å². The molecule has 0 aliphatic heterocycles. The Labute approximate surface area is 123 Å². The first-order valence-electron chi connectivity index (χ1n) is 7.16. The molecule has 0 radical (unpaired) electrons. The highest BCUT2D eigenvalue weighted by molar-refractivity contribution is 7.15. The summed E-state index contributed by atoms with van der Waals surface area (Å²) >= 11 is 1.74. The zero-order valence-corrected chi connectivity index (χ0v) is 12.7. The molecule has 4 heteroatoms. The van der Waals surface area contributed by atoms with Gasteiger partial charge in [0.1, 0.15) is 10.8 Å². The normalized spacial score (nSPS) is 18.1. The molecule has 106 valence electrons. The summed E-state index contributed by atoms with van der Waals surface area (Å²) in [6, 6.07) is 8.35. The van der Waals surface area contributed by atoms with Crippen LogP contribution in [0.2, 0.25) is 0 Å². The summed E-state index contributed by atoms with van der Waals surface area (Å²) in [5.74, 6) is 0.904. The van der Waals surface area contributed by atoms with Crippen molar-refractivity contribution in [3.8, 4) is 16.3 Å². The quantitative estimate of drug-likeness (QED) is 0.930.